The van der Waals surface area contributed by atoms with Crippen LogP contribution in [0.15, 0.2) is 35.9 Å². The predicted molar refractivity (Wildman–Crippen MR) is 66.5 cm³/mol. The molecule has 0 radical (unpaired) electrons. The average molecular weight is 261 g/mol. The number of sulfonamides is 1. The van der Waals surface area contributed by atoms with Crippen molar-refractivity contribution < 1.29 is 8.42 Å². The van der Waals surface area contributed by atoms with Gasteiger partial charge < -0.3 is 5.73 Å². The van der Waals surface area contributed by atoms with Gasteiger partial charge in [-0.05, 0) is 17.7 Å². The van der Waals surface area contributed by atoms with Gasteiger partial charge in [0.1, 0.15) is 0 Å². The van der Waals surface area contributed by atoms with Crippen molar-refractivity contribution >= 4 is 27.3 Å². The summed E-state index contributed by atoms with van der Waals surface area (Å²) in [5.41, 5.74) is 6.72. The summed E-state index contributed by atoms with van der Waals surface area (Å²) >= 11 is 5.47. The fourth-order valence-corrected chi connectivity index (χ4v) is 2.40. The maximum absolute atomic E-state index is 11.6. The Morgan fingerprint density at radius 1 is 1.50 bits per heavy atom. The molecule has 0 aliphatic rings. The summed E-state index contributed by atoms with van der Waals surface area (Å²) in [5.74, 6) is -0.123. The van der Waals surface area contributed by atoms with Crippen LogP contribution in [0.3, 0.4) is 0 Å². The van der Waals surface area contributed by atoms with Crippen LogP contribution >= 0.6 is 11.6 Å². The van der Waals surface area contributed by atoms with Gasteiger partial charge in [0.05, 0.1) is 5.75 Å². The SMILES string of the molecule is C=C(Cl)CNS(=O)(=O)Cc1cccc(N)c1. The summed E-state index contributed by atoms with van der Waals surface area (Å²) in [5, 5.41) is 0.246. The second-order valence-electron chi connectivity index (χ2n) is 3.34. The van der Waals surface area contributed by atoms with Crippen LogP contribution in [-0.4, -0.2) is 15.0 Å². The minimum Gasteiger partial charge on any atom is -0.399 e. The summed E-state index contributed by atoms with van der Waals surface area (Å²) in [6, 6.07) is 6.73. The lowest BCUT2D eigenvalue weighted by atomic mass is 10.2. The van der Waals surface area contributed by atoms with Crippen LogP contribution in [0.25, 0.3) is 0 Å². The van der Waals surface area contributed by atoms with Crippen LogP contribution in [0.5, 0.6) is 0 Å². The highest BCUT2D eigenvalue weighted by Crippen LogP contribution is 2.09. The lowest BCUT2D eigenvalue weighted by molar-refractivity contribution is 0.584. The first-order valence-electron chi connectivity index (χ1n) is 4.54. The Hall–Kier alpha value is -1.04. The Bertz CT molecular complexity index is 485. The van der Waals surface area contributed by atoms with E-state index in [1.54, 1.807) is 24.3 Å². The number of hydrogen-bond donors (Lipinski definition) is 2. The zero-order chi connectivity index (χ0) is 12.2. The summed E-state index contributed by atoms with van der Waals surface area (Å²) in [7, 11) is -3.40. The largest absolute Gasteiger partial charge is 0.399 e. The minimum absolute atomic E-state index is 0.0339. The molecule has 0 spiro atoms. The third-order valence-electron chi connectivity index (χ3n) is 1.79. The molecule has 0 atom stereocenters. The van der Waals surface area contributed by atoms with E-state index in [-0.39, 0.29) is 17.3 Å². The van der Waals surface area contributed by atoms with Crippen molar-refractivity contribution in [2.75, 3.05) is 12.3 Å². The molecule has 0 amide bonds. The molecule has 0 bridgehead atoms. The van der Waals surface area contributed by atoms with E-state index >= 15 is 0 Å². The number of nitrogens with two attached hydrogens (primary N) is 1. The van der Waals surface area contributed by atoms with Crippen LogP contribution in [0, 0.1) is 0 Å². The van der Waals surface area contributed by atoms with E-state index in [0.717, 1.165) is 0 Å². The molecule has 0 aliphatic carbocycles. The molecular formula is C10H13ClN2O2S. The van der Waals surface area contributed by atoms with Crippen molar-refractivity contribution in [1.82, 2.24) is 4.72 Å². The maximum Gasteiger partial charge on any atom is 0.216 e. The first-order valence-corrected chi connectivity index (χ1v) is 6.57. The maximum atomic E-state index is 11.6. The average Bonchev–Trinajstić information content (AvgIpc) is 2.14. The smallest absolute Gasteiger partial charge is 0.216 e. The molecule has 4 nitrogen and oxygen atoms in total. The van der Waals surface area contributed by atoms with Crippen LogP contribution in [0.2, 0.25) is 0 Å². The predicted octanol–water partition coefficient (Wildman–Crippen LogP) is 1.44. The molecule has 1 aromatic rings. The quantitative estimate of drug-likeness (QED) is 0.787. The van der Waals surface area contributed by atoms with E-state index in [4.69, 9.17) is 17.3 Å². The van der Waals surface area contributed by atoms with E-state index < -0.39 is 10.0 Å². The van der Waals surface area contributed by atoms with Gasteiger partial charge >= 0.3 is 0 Å². The van der Waals surface area contributed by atoms with E-state index in [9.17, 15) is 8.42 Å². The molecule has 0 aliphatic heterocycles. The molecule has 0 heterocycles. The zero-order valence-corrected chi connectivity index (χ0v) is 10.2. The van der Waals surface area contributed by atoms with E-state index in [0.29, 0.717) is 11.3 Å². The third kappa shape index (κ3) is 4.65. The van der Waals surface area contributed by atoms with Gasteiger partial charge in [-0.3, -0.25) is 0 Å². The van der Waals surface area contributed by atoms with Gasteiger partial charge in [0.25, 0.3) is 0 Å². The molecule has 16 heavy (non-hydrogen) atoms. The number of rotatable bonds is 5. The fourth-order valence-electron chi connectivity index (χ4n) is 1.14. The van der Waals surface area contributed by atoms with Gasteiger partial charge in [0, 0.05) is 17.3 Å². The summed E-state index contributed by atoms with van der Waals surface area (Å²) in [6.45, 7) is 3.43. The molecule has 88 valence electrons. The van der Waals surface area contributed by atoms with Gasteiger partial charge in [-0.15, -0.1) is 0 Å². The summed E-state index contributed by atoms with van der Waals surface area (Å²) in [6.07, 6.45) is 0. The molecule has 3 N–H and O–H groups in total. The fraction of sp³-hybridized carbons (Fsp3) is 0.200. The molecule has 0 aromatic heterocycles. The van der Waals surface area contributed by atoms with Crippen molar-refractivity contribution in [1.29, 1.82) is 0 Å². The van der Waals surface area contributed by atoms with Crippen molar-refractivity contribution in [2.24, 2.45) is 0 Å². The van der Waals surface area contributed by atoms with E-state index in [1.165, 1.54) is 0 Å². The van der Waals surface area contributed by atoms with E-state index in [2.05, 4.69) is 11.3 Å². The van der Waals surface area contributed by atoms with Crippen LogP contribution in [0.4, 0.5) is 5.69 Å². The van der Waals surface area contributed by atoms with Crippen molar-refractivity contribution in [3.8, 4) is 0 Å². The summed E-state index contributed by atoms with van der Waals surface area (Å²) in [4.78, 5) is 0. The Morgan fingerprint density at radius 3 is 2.75 bits per heavy atom. The number of benzene rings is 1. The molecule has 0 saturated carbocycles. The molecule has 1 rings (SSSR count). The first kappa shape index (κ1) is 13.0. The van der Waals surface area contributed by atoms with Crippen molar-refractivity contribution in [3.05, 3.63) is 41.4 Å². The standard InChI is InChI=1S/C10H13ClN2O2S/c1-8(11)6-13-16(14,15)7-9-3-2-4-10(12)5-9/h2-5,13H,1,6-7,12H2. The second-order valence-corrected chi connectivity index (χ2v) is 5.68. The lowest BCUT2D eigenvalue weighted by Crippen LogP contribution is -2.26. The Morgan fingerprint density at radius 2 is 2.19 bits per heavy atom. The molecule has 0 fully saturated rings. The van der Waals surface area contributed by atoms with Gasteiger partial charge in [0.15, 0.2) is 0 Å². The minimum atomic E-state index is -3.40. The number of halogens is 1. The highest BCUT2D eigenvalue weighted by Gasteiger charge is 2.11. The van der Waals surface area contributed by atoms with Crippen molar-refractivity contribution in [2.45, 2.75) is 5.75 Å². The van der Waals surface area contributed by atoms with Crippen molar-refractivity contribution in [3.63, 3.8) is 0 Å². The molecular weight excluding hydrogens is 248 g/mol. The highest BCUT2D eigenvalue weighted by molar-refractivity contribution is 7.88. The first-order chi connectivity index (χ1) is 7.39. The van der Waals surface area contributed by atoms with Crippen LogP contribution < -0.4 is 10.5 Å². The molecule has 0 saturated heterocycles. The molecule has 1 aromatic carbocycles. The van der Waals surface area contributed by atoms with Gasteiger partial charge in [-0.25, -0.2) is 13.1 Å². The molecule has 0 unspecified atom stereocenters. The second kappa shape index (κ2) is 5.34. The van der Waals surface area contributed by atoms with Crippen LogP contribution in [0.1, 0.15) is 5.56 Å². The van der Waals surface area contributed by atoms with Gasteiger partial charge in [-0.2, -0.15) is 0 Å². The number of hydrogen-bond acceptors (Lipinski definition) is 3. The number of nitrogen functional groups attached to an aromatic ring is 1. The van der Waals surface area contributed by atoms with Crippen LogP contribution in [-0.2, 0) is 15.8 Å². The lowest BCUT2D eigenvalue weighted by Gasteiger charge is -2.06. The van der Waals surface area contributed by atoms with E-state index in [1.807, 2.05) is 0 Å². The zero-order valence-electron chi connectivity index (χ0n) is 8.61. The highest BCUT2D eigenvalue weighted by atomic mass is 35.5. The normalized spacial score (nSPS) is 11.3. The number of anilines is 1. The Labute approximate surface area is 100 Å². The van der Waals surface area contributed by atoms with Gasteiger partial charge in [0.2, 0.25) is 10.0 Å². The number of nitrogens with one attached hydrogen (secondary N) is 1. The third-order valence-corrected chi connectivity index (χ3v) is 3.22. The molecule has 6 heteroatoms. The van der Waals surface area contributed by atoms with Gasteiger partial charge in [-0.1, -0.05) is 30.3 Å². The Kier molecular flexibility index (Phi) is 4.35. The topological polar surface area (TPSA) is 72.2 Å². The Balaban J connectivity index is 2.69. The summed E-state index contributed by atoms with van der Waals surface area (Å²) < 4.78 is 25.5. The monoisotopic (exact) mass is 260 g/mol.